The minimum absolute atomic E-state index is 0.00628. The first-order chi connectivity index (χ1) is 7.67. The highest BCUT2D eigenvalue weighted by molar-refractivity contribution is 6.36. The Morgan fingerprint density at radius 2 is 1.50 bits per heavy atom. The van der Waals surface area contributed by atoms with Gasteiger partial charge in [-0.05, 0) is 27.2 Å². The smallest absolute Gasteiger partial charge is 0.136 e. The van der Waals surface area contributed by atoms with E-state index in [-0.39, 0.29) is 5.91 Å². The first-order valence-electron chi connectivity index (χ1n) is 6.32. The topological polar surface area (TPSA) is 18.5 Å². The molecule has 0 spiro atoms. The van der Waals surface area contributed by atoms with Crippen LogP contribution in [0.1, 0.15) is 27.2 Å². The van der Waals surface area contributed by atoms with Gasteiger partial charge in [-0.15, -0.1) is 0 Å². The molecule has 0 fully saturated rings. The number of hydrogen-bond acceptors (Lipinski definition) is 2. The molecule has 0 aromatic heterocycles. The van der Waals surface area contributed by atoms with Crippen LogP contribution < -0.4 is 0 Å². The fraction of sp³-hybridized carbons (Fsp3) is 1.00. The minimum atomic E-state index is 0.00628. The van der Waals surface area contributed by atoms with Gasteiger partial charge in [0, 0.05) is 14.2 Å². The molecule has 0 saturated carbocycles. The third-order valence-corrected chi connectivity index (χ3v) is 5.01. The van der Waals surface area contributed by atoms with Crippen molar-refractivity contribution >= 4 is 9.52 Å². The zero-order chi connectivity index (χ0) is 12.4. The minimum Gasteiger partial charge on any atom is -0.360 e. The fourth-order valence-corrected chi connectivity index (χ4v) is 2.97. The average molecular weight is 246 g/mol. The summed E-state index contributed by atoms with van der Waals surface area (Å²) in [5, 5.41) is 0. The molecule has 0 bridgehead atoms. The Hall–Kier alpha value is 0.0969. The lowest BCUT2D eigenvalue weighted by atomic mass is 10.3. The van der Waals surface area contributed by atoms with E-state index in [1.165, 1.54) is 43.1 Å². The van der Waals surface area contributed by atoms with Crippen molar-refractivity contribution in [2.45, 2.75) is 39.1 Å². The fourth-order valence-electron chi connectivity index (χ4n) is 2.04. The van der Waals surface area contributed by atoms with Crippen LogP contribution in [-0.4, -0.2) is 60.3 Å². The van der Waals surface area contributed by atoms with E-state index in [0.717, 1.165) is 9.52 Å². The summed E-state index contributed by atoms with van der Waals surface area (Å²) in [7, 11) is 4.19. The predicted molar refractivity (Wildman–Crippen MR) is 69.7 cm³/mol. The highest BCUT2D eigenvalue weighted by atomic mass is 28.2. The van der Waals surface area contributed by atoms with Gasteiger partial charge in [0.05, 0.1) is 26.2 Å². The van der Waals surface area contributed by atoms with Gasteiger partial charge in [-0.3, -0.25) is 0 Å². The van der Waals surface area contributed by atoms with Crippen molar-refractivity contribution in [2.75, 3.05) is 40.4 Å². The summed E-state index contributed by atoms with van der Waals surface area (Å²) in [6.45, 7) is 11.9. The van der Waals surface area contributed by atoms with Crippen molar-refractivity contribution in [2.24, 2.45) is 0 Å². The molecule has 0 aliphatic carbocycles. The second-order valence-electron chi connectivity index (χ2n) is 4.12. The summed E-state index contributed by atoms with van der Waals surface area (Å²) in [4.78, 5) is 0. The van der Waals surface area contributed by atoms with Crippen molar-refractivity contribution in [3.05, 3.63) is 0 Å². The van der Waals surface area contributed by atoms with E-state index in [0.29, 0.717) is 0 Å². The van der Waals surface area contributed by atoms with E-state index in [2.05, 4.69) is 20.8 Å². The summed E-state index contributed by atoms with van der Waals surface area (Å²) in [6, 6.07) is 1.21. The molecule has 0 saturated heterocycles. The van der Waals surface area contributed by atoms with Crippen molar-refractivity contribution in [1.82, 2.24) is 0 Å². The maximum atomic E-state index is 5.20. The largest absolute Gasteiger partial charge is 0.360 e. The molecule has 3 nitrogen and oxygen atoms in total. The van der Waals surface area contributed by atoms with Crippen LogP contribution >= 0.6 is 0 Å². The zero-order valence-corrected chi connectivity index (χ0v) is 12.6. The molecule has 0 atom stereocenters. The molecule has 0 amide bonds. The predicted octanol–water partition coefficient (Wildman–Crippen LogP) is 1.95. The van der Waals surface area contributed by atoms with Crippen LogP contribution in [0.4, 0.5) is 0 Å². The van der Waals surface area contributed by atoms with Crippen LogP contribution in [0.25, 0.3) is 0 Å². The molecular formula is C12H28NO2Si+. The summed E-state index contributed by atoms with van der Waals surface area (Å²) in [6.07, 6.45) is 1.27. The van der Waals surface area contributed by atoms with E-state index >= 15 is 0 Å². The van der Waals surface area contributed by atoms with Crippen LogP contribution in [-0.2, 0) is 9.47 Å². The van der Waals surface area contributed by atoms with Gasteiger partial charge in [-0.25, -0.2) is 0 Å². The molecular weight excluding hydrogens is 218 g/mol. The SMILES string of the molecule is CC[N+](CC)(CC)CCC[Si]C(OC)OC. The zero-order valence-electron chi connectivity index (χ0n) is 11.6. The van der Waals surface area contributed by atoms with Gasteiger partial charge >= 0.3 is 0 Å². The van der Waals surface area contributed by atoms with Gasteiger partial charge < -0.3 is 14.0 Å². The monoisotopic (exact) mass is 246 g/mol. The molecule has 96 valence electrons. The highest BCUT2D eigenvalue weighted by Gasteiger charge is 2.20. The molecule has 16 heavy (non-hydrogen) atoms. The van der Waals surface area contributed by atoms with Crippen LogP contribution in [0.5, 0.6) is 0 Å². The quantitative estimate of drug-likeness (QED) is 0.254. The Balaban J connectivity index is 3.78. The third-order valence-electron chi connectivity index (χ3n) is 3.56. The van der Waals surface area contributed by atoms with Gasteiger partial charge in [0.25, 0.3) is 0 Å². The van der Waals surface area contributed by atoms with Gasteiger partial charge in [-0.1, -0.05) is 6.04 Å². The summed E-state index contributed by atoms with van der Waals surface area (Å²) < 4.78 is 11.6. The summed E-state index contributed by atoms with van der Waals surface area (Å²) >= 11 is 0. The van der Waals surface area contributed by atoms with E-state index in [4.69, 9.17) is 9.47 Å². The molecule has 0 heterocycles. The lowest BCUT2D eigenvalue weighted by Gasteiger charge is -2.35. The van der Waals surface area contributed by atoms with Crippen molar-refractivity contribution in [3.63, 3.8) is 0 Å². The molecule has 0 aromatic carbocycles. The maximum absolute atomic E-state index is 5.20. The van der Waals surface area contributed by atoms with Gasteiger partial charge in [0.1, 0.15) is 15.4 Å². The maximum Gasteiger partial charge on any atom is 0.136 e. The molecule has 0 aliphatic rings. The first kappa shape index (κ1) is 16.1. The number of methoxy groups -OCH3 is 2. The highest BCUT2D eigenvalue weighted by Crippen LogP contribution is 2.09. The lowest BCUT2D eigenvalue weighted by molar-refractivity contribution is -0.923. The number of quaternary nitrogens is 1. The van der Waals surface area contributed by atoms with Gasteiger partial charge in [-0.2, -0.15) is 0 Å². The molecule has 4 heteroatoms. The molecule has 0 aromatic rings. The standard InChI is InChI=1S/C12H28NO2Si/c1-6-13(7-2,8-3)10-9-11-16-12(14-4)15-5/h12H,6-11H2,1-5H3/q+1. The van der Waals surface area contributed by atoms with Crippen molar-refractivity contribution < 1.29 is 14.0 Å². The van der Waals surface area contributed by atoms with Gasteiger partial charge in [0.2, 0.25) is 0 Å². The Morgan fingerprint density at radius 3 is 1.88 bits per heavy atom. The summed E-state index contributed by atoms with van der Waals surface area (Å²) in [5.74, 6) is 0.00628. The molecule has 0 rings (SSSR count). The Kier molecular flexibility index (Phi) is 9.22. The first-order valence-corrected chi connectivity index (χ1v) is 7.60. The van der Waals surface area contributed by atoms with E-state index in [1.807, 2.05) is 0 Å². The third kappa shape index (κ3) is 5.43. The summed E-state index contributed by atoms with van der Waals surface area (Å²) in [5.41, 5.74) is 0. The Labute approximate surface area is 104 Å². The van der Waals surface area contributed by atoms with E-state index in [1.54, 1.807) is 14.2 Å². The molecule has 0 N–H and O–H groups in total. The van der Waals surface area contributed by atoms with Crippen LogP contribution in [0.3, 0.4) is 0 Å². The van der Waals surface area contributed by atoms with E-state index < -0.39 is 0 Å². The lowest BCUT2D eigenvalue weighted by Crippen LogP contribution is -2.48. The number of rotatable bonds is 10. The van der Waals surface area contributed by atoms with Crippen LogP contribution in [0.15, 0.2) is 0 Å². The molecule has 0 aliphatic heterocycles. The number of hydrogen-bond donors (Lipinski definition) is 0. The Bertz CT molecular complexity index is 151. The van der Waals surface area contributed by atoms with Crippen LogP contribution in [0.2, 0.25) is 6.04 Å². The number of nitrogens with zero attached hydrogens (tertiary/aromatic N) is 1. The van der Waals surface area contributed by atoms with E-state index in [9.17, 15) is 0 Å². The van der Waals surface area contributed by atoms with Crippen molar-refractivity contribution in [3.8, 4) is 0 Å². The normalized spacial score (nSPS) is 12.4. The van der Waals surface area contributed by atoms with Gasteiger partial charge in [0.15, 0.2) is 0 Å². The second kappa shape index (κ2) is 9.16. The molecule has 2 radical (unpaired) electrons. The average Bonchev–Trinajstić information content (AvgIpc) is 2.35. The van der Waals surface area contributed by atoms with Crippen molar-refractivity contribution in [1.29, 1.82) is 0 Å². The second-order valence-corrected chi connectivity index (χ2v) is 5.50. The van der Waals surface area contributed by atoms with Crippen LogP contribution in [0, 0.1) is 0 Å². The molecule has 0 unspecified atom stereocenters. The number of ether oxygens (including phenoxy) is 2. The Morgan fingerprint density at radius 1 is 1.00 bits per heavy atom.